The van der Waals surface area contributed by atoms with Gasteiger partial charge >= 0.3 is 0 Å². The summed E-state index contributed by atoms with van der Waals surface area (Å²) in [5, 5.41) is 15.5. The minimum absolute atomic E-state index is 0.0842. The SMILES string of the molecule is O=C(CSc1nc2ccccc2n1Cc1ccccc1)N/N=C\c1ccc(C(=O)[O-])cc1. The van der Waals surface area contributed by atoms with Crippen molar-refractivity contribution in [2.75, 3.05) is 5.75 Å². The Bertz CT molecular complexity index is 1270. The van der Waals surface area contributed by atoms with Gasteiger partial charge in [0.25, 0.3) is 5.91 Å². The zero-order chi connectivity index (χ0) is 22.3. The van der Waals surface area contributed by atoms with Gasteiger partial charge in [-0.15, -0.1) is 0 Å². The van der Waals surface area contributed by atoms with E-state index in [1.165, 1.54) is 30.1 Å². The zero-order valence-electron chi connectivity index (χ0n) is 17.0. The average molecular weight is 444 g/mol. The third kappa shape index (κ3) is 5.22. The van der Waals surface area contributed by atoms with Crippen LogP contribution in [-0.4, -0.2) is 33.4 Å². The summed E-state index contributed by atoms with van der Waals surface area (Å²) in [5.74, 6) is -1.35. The van der Waals surface area contributed by atoms with E-state index >= 15 is 0 Å². The van der Waals surface area contributed by atoms with Gasteiger partial charge in [-0.1, -0.05) is 78.5 Å². The Labute approximate surface area is 188 Å². The summed E-state index contributed by atoms with van der Waals surface area (Å²) in [5.41, 5.74) is 6.27. The first-order chi connectivity index (χ1) is 15.6. The summed E-state index contributed by atoms with van der Waals surface area (Å²) in [6.07, 6.45) is 1.45. The van der Waals surface area contributed by atoms with Crippen molar-refractivity contribution < 1.29 is 14.7 Å². The third-order valence-electron chi connectivity index (χ3n) is 4.68. The van der Waals surface area contributed by atoms with E-state index in [4.69, 9.17) is 0 Å². The fraction of sp³-hybridized carbons (Fsp3) is 0.0833. The molecule has 0 saturated heterocycles. The van der Waals surface area contributed by atoms with Crippen LogP contribution in [0.25, 0.3) is 11.0 Å². The second-order valence-corrected chi connectivity index (χ2v) is 7.89. The van der Waals surface area contributed by atoms with E-state index in [2.05, 4.69) is 32.2 Å². The normalized spacial score (nSPS) is 11.1. The number of nitrogens with one attached hydrogen (secondary N) is 1. The molecule has 4 rings (SSSR count). The van der Waals surface area contributed by atoms with E-state index in [9.17, 15) is 14.7 Å². The molecule has 1 amide bonds. The lowest BCUT2D eigenvalue weighted by Gasteiger charge is -2.09. The number of hydrogen-bond acceptors (Lipinski definition) is 6. The second-order valence-electron chi connectivity index (χ2n) is 6.95. The van der Waals surface area contributed by atoms with Crippen LogP contribution in [0.2, 0.25) is 0 Å². The van der Waals surface area contributed by atoms with Crippen LogP contribution in [-0.2, 0) is 11.3 Å². The van der Waals surface area contributed by atoms with Crippen molar-refractivity contribution in [2.45, 2.75) is 11.7 Å². The number of rotatable bonds is 8. The maximum Gasteiger partial charge on any atom is 0.250 e. The number of imidazole rings is 1. The predicted molar refractivity (Wildman–Crippen MR) is 123 cm³/mol. The molecular weight excluding hydrogens is 424 g/mol. The van der Waals surface area contributed by atoms with Crippen LogP contribution in [0.5, 0.6) is 0 Å². The number of thioether (sulfide) groups is 1. The first-order valence-corrected chi connectivity index (χ1v) is 10.8. The first-order valence-electron chi connectivity index (χ1n) is 9.85. The molecule has 7 nitrogen and oxygen atoms in total. The number of carbonyl (C=O) groups excluding carboxylic acids is 2. The topological polar surface area (TPSA) is 99.4 Å². The van der Waals surface area contributed by atoms with Gasteiger partial charge in [0.2, 0.25) is 0 Å². The molecule has 4 aromatic rings. The molecule has 1 N–H and O–H groups in total. The molecule has 0 aliphatic carbocycles. The van der Waals surface area contributed by atoms with Gasteiger partial charge in [-0.25, -0.2) is 10.4 Å². The maximum atomic E-state index is 12.3. The van der Waals surface area contributed by atoms with Crippen molar-refractivity contribution in [1.29, 1.82) is 0 Å². The molecule has 3 aromatic carbocycles. The number of para-hydroxylation sites is 2. The van der Waals surface area contributed by atoms with Crippen LogP contribution in [0.3, 0.4) is 0 Å². The van der Waals surface area contributed by atoms with Gasteiger partial charge in [-0.05, 0) is 28.8 Å². The minimum atomic E-state index is -1.24. The largest absolute Gasteiger partial charge is 0.545 e. The summed E-state index contributed by atoms with van der Waals surface area (Å²) in [7, 11) is 0. The lowest BCUT2D eigenvalue weighted by molar-refractivity contribution is -0.255. The summed E-state index contributed by atoms with van der Waals surface area (Å²) < 4.78 is 2.10. The number of aromatic nitrogens is 2. The number of amides is 1. The predicted octanol–water partition coefficient (Wildman–Crippen LogP) is 2.69. The van der Waals surface area contributed by atoms with E-state index in [1.54, 1.807) is 12.1 Å². The quantitative estimate of drug-likeness (QED) is 0.256. The lowest BCUT2D eigenvalue weighted by atomic mass is 10.1. The summed E-state index contributed by atoms with van der Waals surface area (Å²) in [6.45, 7) is 0.658. The van der Waals surface area contributed by atoms with Crippen LogP contribution in [0.15, 0.2) is 89.1 Å². The molecule has 1 aromatic heterocycles. The summed E-state index contributed by atoms with van der Waals surface area (Å²) in [4.78, 5) is 27.7. The molecule has 0 aliphatic heterocycles. The smallest absolute Gasteiger partial charge is 0.250 e. The van der Waals surface area contributed by atoms with Crippen LogP contribution in [0.1, 0.15) is 21.5 Å². The molecule has 0 radical (unpaired) electrons. The number of fused-ring (bicyclic) bond motifs is 1. The Kier molecular flexibility index (Phi) is 6.62. The van der Waals surface area contributed by atoms with Gasteiger partial charge in [0, 0.05) is 0 Å². The number of hydrogen-bond donors (Lipinski definition) is 1. The molecule has 0 spiro atoms. The highest BCUT2D eigenvalue weighted by molar-refractivity contribution is 7.99. The molecule has 0 fully saturated rings. The fourth-order valence-corrected chi connectivity index (χ4v) is 3.94. The van der Waals surface area contributed by atoms with Crippen molar-refractivity contribution in [3.8, 4) is 0 Å². The van der Waals surface area contributed by atoms with Gasteiger partial charge in [0.05, 0.1) is 35.5 Å². The van der Waals surface area contributed by atoms with E-state index in [1.807, 2.05) is 42.5 Å². The first kappa shape index (κ1) is 21.3. The Balaban J connectivity index is 1.40. The molecule has 160 valence electrons. The van der Waals surface area contributed by atoms with Crippen molar-refractivity contribution in [3.63, 3.8) is 0 Å². The fourth-order valence-electron chi connectivity index (χ4n) is 3.13. The number of benzene rings is 3. The molecule has 0 aliphatic rings. The van der Waals surface area contributed by atoms with Gasteiger partial charge in [0.1, 0.15) is 0 Å². The van der Waals surface area contributed by atoms with Crippen molar-refractivity contribution in [1.82, 2.24) is 15.0 Å². The summed E-state index contributed by atoms with van der Waals surface area (Å²) in [6, 6.07) is 24.0. The number of hydrazone groups is 1. The van der Waals surface area contributed by atoms with Gasteiger partial charge < -0.3 is 14.5 Å². The Hall–Kier alpha value is -3.91. The number of nitrogens with zero attached hydrogens (tertiary/aromatic N) is 3. The molecule has 0 atom stereocenters. The van der Waals surface area contributed by atoms with E-state index < -0.39 is 5.97 Å². The second kappa shape index (κ2) is 9.93. The lowest BCUT2D eigenvalue weighted by Crippen LogP contribution is -2.22. The van der Waals surface area contributed by atoms with Crippen molar-refractivity contribution in [2.24, 2.45) is 5.10 Å². The zero-order valence-corrected chi connectivity index (χ0v) is 17.8. The monoisotopic (exact) mass is 443 g/mol. The number of carboxylic acids is 1. The number of aromatic carboxylic acids is 1. The Morgan fingerprint density at radius 3 is 2.47 bits per heavy atom. The van der Waals surface area contributed by atoms with E-state index in [0.29, 0.717) is 12.1 Å². The molecule has 32 heavy (non-hydrogen) atoms. The highest BCUT2D eigenvalue weighted by Crippen LogP contribution is 2.25. The molecule has 8 heteroatoms. The van der Waals surface area contributed by atoms with E-state index in [-0.39, 0.29) is 17.2 Å². The molecular formula is C24H19N4O3S-. The Morgan fingerprint density at radius 1 is 1.00 bits per heavy atom. The minimum Gasteiger partial charge on any atom is -0.545 e. The van der Waals surface area contributed by atoms with Gasteiger partial charge in [-0.2, -0.15) is 5.10 Å². The summed E-state index contributed by atoms with van der Waals surface area (Å²) >= 11 is 1.35. The van der Waals surface area contributed by atoms with Crippen molar-refractivity contribution >= 4 is 40.9 Å². The van der Waals surface area contributed by atoms with Crippen LogP contribution >= 0.6 is 11.8 Å². The standard InChI is InChI=1S/C24H20N4O3S/c29-22(27-25-14-17-10-12-19(13-11-17)23(30)31)16-32-24-26-20-8-4-5-9-21(20)28(24)15-18-6-2-1-3-7-18/h1-14H,15-16H2,(H,27,29)(H,30,31)/p-1/b25-14-. The maximum absolute atomic E-state index is 12.3. The van der Waals surface area contributed by atoms with Gasteiger partial charge in [-0.3, -0.25) is 4.79 Å². The molecule has 0 unspecified atom stereocenters. The third-order valence-corrected chi connectivity index (χ3v) is 5.66. The van der Waals surface area contributed by atoms with E-state index in [0.717, 1.165) is 21.8 Å². The van der Waals surface area contributed by atoms with Crippen LogP contribution in [0.4, 0.5) is 0 Å². The molecule has 0 bridgehead atoms. The highest BCUT2D eigenvalue weighted by atomic mass is 32.2. The molecule has 1 heterocycles. The molecule has 0 saturated carbocycles. The highest BCUT2D eigenvalue weighted by Gasteiger charge is 2.13. The van der Waals surface area contributed by atoms with Gasteiger partial charge in [0.15, 0.2) is 5.16 Å². The van der Waals surface area contributed by atoms with Crippen molar-refractivity contribution in [3.05, 3.63) is 95.6 Å². The number of carboxylic acid groups (broad SMARTS) is 1. The van der Waals surface area contributed by atoms with Crippen LogP contribution in [0, 0.1) is 0 Å². The number of carbonyl (C=O) groups is 2. The average Bonchev–Trinajstić information content (AvgIpc) is 3.16. The van der Waals surface area contributed by atoms with Crippen LogP contribution < -0.4 is 10.5 Å². The Morgan fingerprint density at radius 2 is 1.72 bits per heavy atom.